The zero-order valence-electron chi connectivity index (χ0n) is 16.2. The van der Waals surface area contributed by atoms with Crippen LogP contribution in [0, 0.1) is 17.8 Å². The number of methoxy groups -OCH3 is 1. The molecule has 0 aromatic rings. The van der Waals surface area contributed by atoms with Gasteiger partial charge in [-0.3, -0.25) is 0 Å². The minimum atomic E-state index is -0.810. The van der Waals surface area contributed by atoms with E-state index in [2.05, 4.69) is 6.08 Å². The number of ether oxygens (including phenoxy) is 3. The van der Waals surface area contributed by atoms with E-state index < -0.39 is 23.1 Å². The van der Waals surface area contributed by atoms with E-state index in [0.717, 1.165) is 25.7 Å². The third-order valence-corrected chi connectivity index (χ3v) is 7.66. The summed E-state index contributed by atoms with van der Waals surface area (Å²) in [6.07, 6.45) is 11.6. The van der Waals surface area contributed by atoms with Crippen LogP contribution >= 0.6 is 0 Å². The molecule has 0 unspecified atom stereocenters. The van der Waals surface area contributed by atoms with E-state index in [1.165, 1.54) is 19.3 Å². The lowest BCUT2D eigenvalue weighted by atomic mass is 9.52. The number of hydrogen-bond donors (Lipinski definition) is 2. The Morgan fingerprint density at radius 1 is 1.12 bits per heavy atom. The van der Waals surface area contributed by atoms with Gasteiger partial charge in [0, 0.05) is 25.4 Å². The van der Waals surface area contributed by atoms with Crippen molar-refractivity contribution in [2.45, 2.75) is 81.4 Å². The molecule has 148 valence electrons. The van der Waals surface area contributed by atoms with Gasteiger partial charge in [-0.05, 0) is 38.5 Å². The summed E-state index contributed by atoms with van der Waals surface area (Å²) in [5.41, 5.74) is -1.29. The highest BCUT2D eigenvalue weighted by molar-refractivity contribution is 5.21. The zero-order valence-corrected chi connectivity index (χ0v) is 16.2. The Labute approximate surface area is 156 Å². The van der Waals surface area contributed by atoms with Gasteiger partial charge >= 0.3 is 0 Å². The van der Waals surface area contributed by atoms with Crippen LogP contribution in [0.25, 0.3) is 0 Å². The fourth-order valence-electron chi connectivity index (χ4n) is 6.04. The van der Waals surface area contributed by atoms with Crippen LogP contribution in [-0.2, 0) is 14.2 Å². The third-order valence-electron chi connectivity index (χ3n) is 7.66. The molecule has 5 heteroatoms. The van der Waals surface area contributed by atoms with Gasteiger partial charge in [0.15, 0.2) is 5.79 Å². The molecule has 5 nitrogen and oxygen atoms in total. The maximum absolute atomic E-state index is 11.0. The molecule has 26 heavy (non-hydrogen) atoms. The van der Waals surface area contributed by atoms with Gasteiger partial charge in [0.25, 0.3) is 0 Å². The van der Waals surface area contributed by atoms with Crippen LogP contribution in [0.15, 0.2) is 12.2 Å². The van der Waals surface area contributed by atoms with Crippen LogP contribution < -0.4 is 0 Å². The molecule has 0 bridgehead atoms. The molecule has 1 spiro atoms. The summed E-state index contributed by atoms with van der Waals surface area (Å²) in [5, 5.41) is 21.7. The SMILES string of the molecule is CO[C@@]12CC[C@H](O)[C@@H](/C=C/[C@@](C)(O)C3CCCCC3)[C@@H]1CC21OCCO1. The maximum Gasteiger partial charge on any atom is 0.198 e. The summed E-state index contributed by atoms with van der Waals surface area (Å²) in [6, 6.07) is 0. The van der Waals surface area contributed by atoms with Crippen molar-refractivity contribution in [2.24, 2.45) is 17.8 Å². The Balaban J connectivity index is 1.52. The minimum absolute atomic E-state index is 0.0304. The third kappa shape index (κ3) is 2.78. The summed E-state index contributed by atoms with van der Waals surface area (Å²) in [6.45, 7) is 3.14. The Hall–Kier alpha value is -0.460. The summed E-state index contributed by atoms with van der Waals surface area (Å²) >= 11 is 0. The summed E-state index contributed by atoms with van der Waals surface area (Å²) in [7, 11) is 1.73. The number of aliphatic hydroxyl groups is 2. The van der Waals surface area contributed by atoms with E-state index >= 15 is 0 Å². The van der Waals surface area contributed by atoms with Crippen molar-refractivity contribution in [3.05, 3.63) is 12.2 Å². The van der Waals surface area contributed by atoms with Crippen molar-refractivity contribution >= 4 is 0 Å². The van der Waals surface area contributed by atoms with Crippen molar-refractivity contribution in [1.29, 1.82) is 0 Å². The first-order valence-electron chi connectivity index (χ1n) is 10.4. The van der Waals surface area contributed by atoms with Crippen LogP contribution in [0.4, 0.5) is 0 Å². The second kappa shape index (κ2) is 6.85. The number of hydrogen-bond acceptors (Lipinski definition) is 5. The average Bonchev–Trinajstić information content (AvgIpc) is 3.14. The van der Waals surface area contributed by atoms with Gasteiger partial charge in [0.05, 0.1) is 24.9 Å². The van der Waals surface area contributed by atoms with Crippen LogP contribution in [0.2, 0.25) is 0 Å². The lowest BCUT2D eigenvalue weighted by Gasteiger charge is -2.64. The molecule has 4 fully saturated rings. The Kier molecular flexibility index (Phi) is 4.98. The van der Waals surface area contributed by atoms with E-state index in [0.29, 0.717) is 25.6 Å². The van der Waals surface area contributed by atoms with Crippen molar-refractivity contribution in [2.75, 3.05) is 20.3 Å². The summed E-state index contributed by atoms with van der Waals surface area (Å²) < 4.78 is 17.9. The quantitative estimate of drug-likeness (QED) is 0.749. The number of fused-ring (bicyclic) bond motifs is 2. The van der Waals surface area contributed by atoms with E-state index in [9.17, 15) is 10.2 Å². The largest absolute Gasteiger partial charge is 0.393 e. The lowest BCUT2D eigenvalue weighted by Crippen LogP contribution is -2.74. The Morgan fingerprint density at radius 2 is 1.81 bits per heavy atom. The zero-order chi connectivity index (χ0) is 18.4. The lowest BCUT2D eigenvalue weighted by molar-refractivity contribution is -0.382. The molecule has 2 N–H and O–H groups in total. The average molecular weight is 366 g/mol. The summed E-state index contributed by atoms with van der Waals surface area (Å²) in [4.78, 5) is 0. The highest BCUT2D eigenvalue weighted by Gasteiger charge is 2.73. The monoisotopic (exact) mass is 366 g/mol. The second-order valence-corrected chi connectivity index (χ2v) is 8.96. The van der Waals surface area contributed by atoms with Crippen molar-refractivity contribution in [3.63, 3.8) is 0 Å². The predicted molar refractivity (Wildman–Crippen MR) is 97.6 cm³/mol. The van der Waals surface area contributed by atoms with E-state index in [4.69, 9.17) is 14.2 Å². The standard InChI is InChI=1S/C21H34O5/c1-19(23,15-6-4-3-5-7-15)10-8-16-17-14-21(25-12-13-26-21)20(17,24-2)11-9-18(16)22/h8,10,15-18,22-23H,3-7,9,11-14H2,1-2H3/b10-8+/t16-,17-,18-,19+,20-/m0/s1. The molecule has 0 radical (unpaired) electrons. The van der Waals surface area contributed by atoms with E-state index in [1.54, 1.807) is 7.11 Å². The topological polar surface area (TPSA) is 68.2 Å². The first-order valence-corrected chi connectivity index (χ1v) is 10.4. The van der Waals surface area contributed by atoms with Gasteiger partial charge in [0.1, 0.15) is 5.60 Å². The normalized spacial score (nSPS) is 42.5. The van der Waals surface area contributed by atoms with Crippen molar-refractivity contribution in [3.8, 4) is 0 Å². The van der Waals surface area contributed by atoms with E-state index in [-0.39, 0.29) is 11.8 Å². The molecule has 1 heterocycles. The Bertz CT molecular complexity index is 533. The molecule has 5 atom stereocenters. The first-order chi connectivity index (χ1) is 12.4. The smallest absolute Gasteiger partial charge is 0.198 e. The molecule has 0 aromatic carbocycles. The first kappa shape index (κ1) is 18.9. The molecule has 3 saturated carbocycles. The van der Waals surface area contributed by atoms with Gasteiger partial charge in [-0.15, -0.1) is 0 Å². The van der Waals surface area contributed by atoms with Crippen LogP contribution in [0.1, 0.15) is 58.3 Å². The Morgan fingerprint density at radius 3 is 2.46 bits per heavy atom. The fourth-order valence-corrected chi connectivity index (χ4v) is 6.04. The highest BCUT2D eigenvalue weighted by atomic mass is 16.8. The molecule has 4 aliphatic rings. The van der Waals surface area contributed by atoms with Crippen LogP contribution in [0.3, 0.4) is 0 Å². The second-order valence-electron chi connectivity index (χ2n) is 8.96. The van der Waals surface area contributed by atoms with Crippen LogP contribution in [-0.4, -0.2) is 53.6 Å². The van der Waals surface area contributed by atoms with Crippen molar-refractivity contribution in [1.82, 2.24) is 0 Å². The van der Waals surface area contributed by atoms with Gasteiger partial charge in [-0.25, -0.2) is 0 Å². The van der Waals surface area contributed by atoms with Gasteiger partial charge in [-0.2, -0.15) is 0 Å². The van der Waals surface area contributed by atoms with Gasteiger partial charge in [0.2, 0.25) is 0 Å². The number of rotatable bonds is 4. The van der Waals surface area contributed by atoms with Gasteiger partial charge in [-0.1, -0.05) is 31.4 Å². The summed E-state index contributed by atoms with van der Waals surface area (Å²) in [5.74, 6) is -0.190. The number of aliphatic hydroxyl groups excluding tert-OH is 1. The molecular weight excluding hydrogens is 332 g/mol. The molecule has 3 aliphatic carbocycles. The molecule has 0 amide bonds. The van der Waals surface area contributed by atoms with Gasteiger partial charge < -0.3 is 24.4 Å². The predicted octanol–water partition coefficient (Wildman–Crippen LogP) is 2.79. The van der Waals surface area contributed by atoms with Crippen LogP contribution in [0.5, 0.6) is 0 Å². The maximum atomic E-state index is 11.0. The minimum Gasteiger partial charge on any atom is -0.393 e. The van der Waals surface area contributed by atoms with Crippen molar-refractivity contribution < 1.29 is 24.4 Å². The molecule has 0 aromatic heterocycles. The molecule has 4 rings (SSSR count). The van der Waals surface area contributed by atoms with E-state index in [1.807, 2.05) is 13.0 Å². The fraction of sp³-hybridized carbons (Fsp3) is 0.905. The highest BCUT2D eigenvalue weighted by Crippen LogP contribution is 2.62. The molecule has 1 aliphatic heterocycles. The molecule has 1 saturated heterocycles. The molecular formula is C21H34O5.